The van der Waals surface area contributed by atoms with Crippen molar-refractivity contribution in [3.8, 4) is 10.6 Å². The molecule has 0 bridgehead atoms. The second-order valence-corrected chi connectivity index (χ2v) is 4.87. The van der Waals surface area contributed by atoms with Crippen molar-refractivity contribution in [2.24, 2.45) is 5.73 Å². The number of rotatable bonds is 3. The van der Waals surface area contributed by atoms with E-state index in [1.165, 1.54) is 23.5 Å². The van der Waals surface area contributed by atoms with E-state index in [1.807, 2.05) is 6.20 Å². The second-order valence-electron chi connectivity index (χ2n) is 3.91. The van der Waals surface area contributed by atoms with Crippen molar-refractivity contribution in [1.29, 1.82) is 0 Å². The molecular formula is C12H11FN4S. The third kappa shape index (κ3) is 2.00. The summed E-state index contributed by atoms with van der Waals surface area (Å²) in [5, 5.41) is 5.26. The van der Waals surface area contributed by atoms with E-state index in [9.17, 15) is 4.39 Å². The molecule has 6 heteroatoms. The summed E-state index contributed by atoms with van der Waals surface area (Å²) < 4.78 is 14.6. The van der Waals surface area contributed by atoms with Crippen molar-refractivity contribution in [2.45, 2.75) is 6.42 Å². The highest BCUT2D eigenvalue weighted by Crippen LogP contribution is 2.25. The lowest BCUT2D eigenvalue weighted by Gasteiger charge is -1.94. The topological polar surface area (TPSA) is 56.2 Å². The molecule has 3 aromatic rings. The van der Waals surface area contributed by atoms with E-state index >= 15 is 0 Å². The molecule has 0 unspecified atom stereocenters. The Bertz CT molecular complexity index is 640. The summed E-state index contributed by atoms with van der Waals surface area (Å²) in [4.78, 5) is 5.26. The van der Waals surface area contributed by atoms with Gasteiger partial charge in [-0.1, -0.05) is 11.3 Å². The lowest BCUT2D eigenvalue weighted by molar-refractivity contribution is 0.628. The molecule has 2 heterocycles. The zero-order valence-electron chi connectivity index (χ0n) is 9.51. The molecule has 3 rings (SSSR count). The van der Waals surface area contributed by atoms with Crippen LogP contribution < -0.4 is 5.73 Å². The molecule has 0 radical (unpaired) electrons. The molecule has 1 aromatic carbocycles. The molecule has 18 heavy (non-hydrogen) atoms. The maximum atomic E-state index is 12.8. The number of benzene rings is 1. The normalized spacial score (nSPS) is 11.2. The Morgan fingerprint density at radius 2 is 2.06 bits per heavy atom. The van der Waals surface area contributed by atoms with Gasteiger partial charge in [-0.25, -0.2) is 13.9 Å². The maximum Gasteiger partial charge on any atom is 0.212 e. The molecule has 0 saturated heterocycles. The van der Waals surface area contributed by atoms with Gasteiger partial charge in [0.05, 0.1) is 11.9 Å². The smallest absolute Gasteiger partial charge is 0.212 e. The van der Waals surface area contributed by atoms with Gasteiger partial charge >= 0.3 is 0 Å². The fourth-order valence-electron chi connectivity index (χ4n) is 1.72. The van der Waals surface area contributed by atoms with Crippen LogP contribution in [0, 0.1) is 5.82 Å². The van der Waals surface area contributed by atoms with Gasteiger partial charge in [0.25, 0.3) is 0 Å². The molecule has 2 aromatic heterocycles. The highest BCUT2D eigenvalue weighted by molar-refractivity contribution is 7.19. The molecule has 92 valence electrons. The van der Waals surface area contributed by atoms with Crippen molar-refractivity contribution in [1.82, 2.24) is 14.6 Å². The largest absolute Gasteiger partial charge is 0.330 e. The van der Waals surface area contributed by atoms with Crippen LogP contribution in [0.5, 0.6) is 0 Å². The van der Waals surface area contributed by atoms with Crippen molar-refractivity contribution >= 4 is 16.3 Å². The molecular weight excluding hydrogens is 251 g/mol. The van der Waals surface area contributed by atoms with E-state index in [4.69, 9.17) is 5.73 Å². The quantitative estimate of drug-likeness (QED) is 0.786. The Hall–Kier alpha value is -1.79. The van der Waals surface area contributed by atoms with Crippen molar-refractivity contribution in [2.75, 3.05) is 6.54 Å². The Labute approximate surface area is 107 Å². The standard InChI is InChI=1S/C12H11FN4S/c13-9-3-1-8(2-4-9)11-16-17-7-10(5-6-14)15-12(17)18-11/h1-4,7H,5-6,14H2. The van der Waals surface area contributed by atoms with Crippen molar-refractivity contribution in [3.63, 3.8) is 0 Å². The second kappa shape index (κ2) is 4.47. The molecule has 0 amide bonds. The van der Waals surface area contributed by atoms with Crippen LogP contribution >= 0.6 is 11.3 Å². The first-order chi connectivity index (χ1) is 8.76. The van der Waals surface area contributed by atoms with Gasteiger partial charge in [-0.2, -0.15) is 5.10 Å². The summed E-state index contributed by atoms with van der Waals surface area (Å²) in [7, 11) is 0. The van der Waals surface area contributed by atoms with Gasteiger partial charge in [0.1, 0.15) is 10.8 Å². The summed E-state index contributed by atoms with van der Waals surface area (Å²) in [5.74, 6) is -0.245. The molecule has 0 aliphatic heterocycles. The van der Waals surface area contributed by atoms with Crippen LogP contribution in [0.4, 0.5) is 4.39 Å². The highest BCUT2D eigenvalue weighted by Gasteiger charge is 2.09. The minimum atomic E-state index is -0.245. The van der Waals surface area contributed by atoms with Gasteiger partial charge in [-0.15, -0.1) is 0 Å². The number of fused-ring (bicyclic) bond motifs is 1. The third-order valence-electron chi connectivity index (χ3n) is 2.58. The Balaban J connectivity index is 1.98. The minimum Gasteiger partial charge on any atom is -0.330 e. The number of nitrogens with two attached hydrogens (primary N) is 1. The van der Waals surface area contributed by atoms with E-state index < -0.39 is 0 Å². The molecule has 2 N–H and O–H groups in total. The first-order valence-corrected chi connectivity index (χ1v) is 6.39. The summed E-state index contributed by atoms with van der Waals surface area (Å²) in [5.41, 5.74) is 7.33. The summed E-state index contributed by atoms with van der Waals surface area (Å²) in [6, 6.07) is 6.29. The third-order valence-corrected chi connectivity index (χ3v) is 3.56. The zero-order valence-corrected chi connectivity index (χ0v) is 10.3. The molecule has 0 fully saturated rings. The van der Waals surface area contributed by atoms with Gasteiger partial charge in [0, 0.05) is 12.0 Å². The molecule has 4 nitrogen and oxygen atoms in total. The summed E-state index contributed by atoms with van der Waals surface area (Å²) in [6.45, 7) is 0.579. The van der Waals surface area contributed by atoms with E-state index in [2.05, 4.69) is 10.1 Å². The van der Waals surface area contributed by atoms with E-state index in [-0.39, 0.29) is 5.82 Å². The van der Waals surface area contributed by atoms with Crippen LogP contribution in [-0.2, 0) is 6.42 Å². The number of hydrogen-bond donors (Lipinski definition) is 1. The van der Waals surface area contributed by atoms with E-state index in [1.54, 1.807) is 16.6 Å². The van der Waals surface area contributed by atoms with Crippen molar-refractivity contribution in [3.05, 3.63) is 42.0 Å². The molecule has 0 atom stereocenters. The predicted molar refractivity (Wildman–Crippen MR) is 69.0 cm³/mol. The average molecular weight is 262 g/mol. The molecule has 0 aliphatic carbocycles. The molecule has 0 saturated carbocycles. The summed E-state index contributed by atoms with van der Waals surface area (Å²) >= 11 is 1.48. The lowest BCUT2D eigenvalue weighted by Crippen LogP contribution is -2.02. The fraction of sp³-hybridized carbons (Fsp3) is 0.167. The van der Waals surface area contributed by atoms with Crippen LogP contribution in [0.3, 0.4) is 0 Å². The lowest BCUT2D eigenvalue weighted by atomic mass is 10.2. The number of nitrogens with zero attached hydrogens (tertiary/aromatic N) is 3. The Morgan fingerprint density at radius 3 is 2.72 bits per heavy atom. The predicted octanol–water partition coefficient (Wildman–Crippen LogP) is 2.10. The number of hydrogen-bond acceptors (Lipinski definition) is 4. The van der Waals surface area contributed by atoms with Crippen LogP contribution in [0.15, 0.2) is 30.5 Å². The molecule has 0 spiro atoms. The van der Waals surface area contributed by atoms with Crippen molar-refractivity contribution < 1.29 is 4.39 Å². The maximum absolute atomic E-state index is 12.8. The van der Waals surface area contributed by atoms with E-state index in [0.29, 0.717) is 6.54 Å². The first-order valence-electron chi connectivity index (χ1n) is 5.57. The number of imidazole rings is 1. The van der Waals surface area contributed by atoms with Crippen LogP contribution in [0.2, 0.25) is 0 Å². The van der Waals surface area contributed by atoms with Gasteiger partial charge in [-0.3, -0.25) is 0 Å². The number of aromatic nitrogens is 3. The molecule has 0 aliphatic rings. The average Bonchev–Trinajstić information content (AvgIpc) is 2.88. The van der Waals surface area contributed by atoms with Crippen LogP contribution in [0.1, 0.15) is 5.69 Å². The minimum absolute atomic E-state index is 0.245. The van der Waals surface area contributed by atoms with Gasteiger partial charge in [-0.05, 0) is 30.8 Å². The SMILES string of the molecule is NCCc1cn2nc(-c3ccc(F)cc3)sc2n1. The van der Waals surface area contributed by atoms with Gasteiger partial charge in [0.2, 0.25) is 4.96 Å². The van der Waals surface area contributed by atoms with Crippen LogP contribution in [0.25, 0.3) is 15.5 Å². The Morgan fingerprint density at radius 1 is 1.28 bits per heavy atom. The summed E-state index contributed by atoms with van der Waals surface area (Å²) in [6.07, 6.45) is 2.63. The monoisotopic (exact) mass is 262 g/mol. The Kier molecular flexibility index (Phi) is 2.81. The van der Waals surface area contributed by atoms with Crippen LogP contribution in [-0.4, -0.2) is 21.1 Å². The van der Waals surface area contributed by atoms with Gasteiger partial charge in [0.15, 0.2) is 0 Å². The number of halogens is 1. The zero-order chi connectivity index (χ0) is 12.5. The first kappa shape index (κ1) is 11.3. The van der Waals surface area contributed by atoms with E-state index in [0.717, 1.165) is 27.6 Å². The van der Waals surface area contributed by atoms with Gasteiger partial charge < -0.3 is 5.73 Å². The highest BCUT2D eigenvalue weighted by atomic mass is 32.1. The fourth-order valence-corrected chi connectivity index (χ4v) is 2.63.